The van der Waals surface area contributed by atoms with Gasteiger partial charge in [-0.3, -0.25) is 10.6 Å². The summed E-state index contributed by atoms with van der Waals surface area (Å²) < 4.78 is 42.4. The van der Waals surface area contributed by atoms with Gasteiger partial charge in [0, 0.05) is 34.9 Å². The summed E-state index contributed by atoms with van der Waals surface area (Å²) in [4.78, 5) is 34.3. The van der Waals surface area contributed by atoms with E-state index in [1.165, 1.54) is 21.2 Å². The summed E-state index contributed by atoms with van der Waals surface area (Å²) in [7, 11) is 0. The number of nitrogens with zero attached hydrogens (tertiary/aromatic N) is 6. The largest absolute Gasteiger partial charge is 0.416 e. The van der Waals surface area contributed by atoms with Crippen molar-refractivity contribution >= 4 is 51.7 Å². The fraction of sp³-hybridized carbons (Fsp3) is 0.353. The van der Waals surface area contributed by atoms with Crippen LogP contribution in [0.4, 0.5) is 19.1 Å². The zero-order valence-electron chi connectivity index (χ0n) is 26.4. The first-order valence-corrected chi connectivity index (χ1v) is 16.4. The SMILES string of the molecule is CCN(N)C1(C(C)=O)CCN(c2nc(=C3C=CC(Cl)=CC3)c(=C3C=CC(Cl)=CC3)c3nn(Cc4ccc(C(F)(F)F)cc4)c(=O)n23)CC1. The van der Waals surface area contributed by atoms with Gasteiger partial charge in [0.25, 0.3) is 0 Å². The van der Waals surface area contributed by atoms with Crippen molar-refractivity contribution in [2.45, 2.75) is 57.8 Å². The molecule has 9 nitrogen and oxygen atoms in total. The Bertz CT molecular complexity index is 2090. The van der Waals surface area contributed by atoms with Gasteiger partial charge in [0.15, 0.2) is 11.4 Å². The van der Waals surface area contributed by atoms with Gasteiger partial charge in [0.05, 0.1) is 23.0 Å². The van der Waals surface area contributed by atoms with Crippen LogP contribution in [0.3, 0.4) is 0 Å². The third kappa shape index (κ3) is 6.29. The number of nitrogens with two attached hydrogens (primary N) is 1. The first kappa shape index (κ1) is 33.9. The molecule has 0 saturated carbocycles. The fourth-order valence-corrected chi connectivity index (χ4v) is 6.79. The van der Waals surface area contributed by atoms with Crippen LogP contribution in [0.5, 0.6) is 0 Å². The molecule has 1 aliphatic heterocycles. The second kappa shape index (κ2) is 13.1. The lowest BCUT2D eigenvalue weighted by atomic mass is 9.83. The average Bonchev–Trinajstić information content (AvgIpc) is 3.39. The van der Waals surface area contributed by atoms with Gasteiger partial charge in [-0.15, -0.1) is 5.10 Å². The Balaban J connectivity index is 1.58. The lowest BCUT2D eigenvalue weighted by molar-refractivity contribution is -0.137. The van der Waals surface area contributed by atoms with Crippen LogP contribution < -0.4 is 27.0 Å². The number of carbonyl (C=O) groups excluding carboxylic acids is 1. The number of piperidine rings is 1. The van der Waals surface area contributed by atoms with Crippen molar-refractivity contribution in [2.24, 2.45) is 5.84 Å². The summed E-state index contributed by atoms with van der Waals surface area (Å²) in [6.07, 6.45) is 8.35. The number of allylic oxidation sites excluding steroid dienone is 8. The molecule has 3 aromatic rings. The van der Waals surface area contributed by atoms with Gasteiger partial charge in [-0.2, -0.15) is 13.2 Å². The number of ketones is 1. The van der Waals surface area contributed by atoms with E-state index < -0.39 is 23.0 Å². The molecule has 0 amide bonds. The standard InChI is InChI=1S/C34H34Cl2F3N7O2/c1-3-45(40)33(21(2)47)16-18-43(19-17-33)31-41-29(24-8-14-27(36)15-9-24)28(23-6-12-26(35)13-7-23)30-42-44(32(48)46(30)31)20-22-4-10-25(11-5-22)34(37,38)39/h4-6,8,10-15H,3,7,9,16-20,40H2,1-2H3. The van der Waals surface area contributed by atoms with E-state index in [0.717, 1.165) is 23.3 Å². The molecule has 3 heterocycles. The van der Waals surface area contributed by atoms with E-state index in [4.69, 9.17) is 39.1 Å². The van der Waals surface area contributed by atoms with Crippen molar-refractivity contribution < 1.29 is 18.0 Å². The van der Waals surface area contributed by atoms with Crippen LogP contribution in [0.2, 0.25) is 0 Å². The average molecular weight is 701 g/mol. The Labute approximate surface area is 284 Å². The number of fused-ring (bicyclic) bond motifs is 1. The van der Waals surface area contributed by atoms with E-state index in [1.54, 1.807) is 24.1 Å². The second-order valence-electron chi connectivity index (χ2n) is 12.1. The first-order chi connectivity index (χ1) is 22.8. The molecule has 3 aliphatic rings. The van der Waals surface area contributed by atoms with Crippen LogP contribution in [0.1, 0.15) is 50.7 Å². The molecule has 0 atom stereocenters. The maximum absolute atomic E-state index is 14.3. The van der Waals surface area contributed by atoms with Crippen LogP contribution in [0.15, 0.2) is 75.6 Å². The highest BCUT2D eigenvalue weighted by atomic mass is 35.5. The number of hydrogen-bond donors (Lipinski definition) is 1. The molecule has 0 spiro atoms. The van der Waals surface area contributed by atoms with Gasteiger partial charge in [-0.05, 0) is 73.6 Å². The Hall–Kier alpha value is -3.97. The smallest absolute Gasteiger partial charge is 0.342 e. The van der Waals surface area contributed by atoms with Gasteiger partial charge in [0.2, 0.25) is 5.95 Å². The summed E-state index contributed by atoms with van der Waals surface area (Å²) in [5.41, 5.74) is 0.386. The van der Waals surface area contributed by atoms with E-state index in [-0.39, 0.29) is 12.3 Å². The predicted molar refractivity (Wildman–Crippen MR) is 181 cm³/mol. The van der Waals surface area contributed by atoms with Crippen LogP contribution in [-0.2, 0) is 17.5 Å². The molecule has 1 fully saturated rings. The van der Waals surface area contributed by atoms with Crippen LogP contribution in [-0.4, -0.2) is 55.1 Å². The van der Waals surface area contributed by atoms with Crippen LogP contribution in [0.25, 0.3) is 16.8 Å². The Morgan fingerprint density at radius 3 is 2.12 bits per heavy atom. The molecular formula is C34H34Cl2F3N7O2. The van der Waals surface area contributed by atoms with Gasteiger partial charge in [-0.1, -0.05) is 66.6 Å². The number of aromatic nitrogens is 4. The maximum Gasteiger partial charge on any atom is 0.416 e. The van der Waals surface area contributed by atoms with E-state index in [0.29, 0.717) is 83.1 Å². The Kier molecular flexibility index (Phi) is 9.29. The van der Waals surface area contributed by atoms with Crippen LogP contribution >= 0.6 is 23.2 Å². The highest BCUT2D eigenvalue weighted by Crippen LogP contribution is 2.31. The van der Waals surface area contributed by atoms with Crippen molar-refractivity contribution in [1.29, 1.82) is 0 Å². The number of anilines is 1. The second-order valence-corrected chi connectivity index (χ2v) is 13.0. The van der Waals surface area contributed by atoms with Crippen molar-refractivity contribution in [1.82, 2.24) is 24.2 Å². The summed E-state index contributed by atoms with van der Waals surface area (Å²) in [6.45, 7) is 4.64. The third-order valence-corrected chi connectivity index (χ3v) is 9.85. The minimum atomic E-state index is -4.48. The molecule has 6 rings (SSSR count). The normalized spacial score (nSPS) is 20.4. The van der Waals surface area contributed by atoms with Crippen molar-refractivity contribution in [3.63, 3.8) is 0 Å². The van der Waals surface area contributed by atoms with E-state index >= 15 is 0 Å². The zero-order valence-corrected chi connectivity index (χ0v) is 27.9. The summed E-state index contributed by atoms with van der Waals surface area (Å²) >= 11 is 12.5. The summed E-state index contributed by atoms with van der Waals surface area (Å²) in [5, 5.41) is 8.82. The zero-order chi connectivity index (χ0) is 34.4. The predicted octanol–water partition coefficient (Wildman–Crippen LogP) is 4.55. The van der Waals surface area contributed by atoms with Crippen molar-refractivity contribution in [3.8, 4) is 0 Å². The van der Waals surface area contributed by atoms with Gasteiger partial charge in [-0.25, -0.2) is 23.9 Å². The lowest BCUT2D eigenvalue weighted by Gasteiger charge is -2.45. The number of hydrogen-bond acceptors (Lipinski definition) is 7. The lowest BCUT2D eigenvalue weighted by Crippen LogP contribution is -2.62. The van der Waals surface area contributed by atoms with Gasteiger partial charge < -0.3 is 4.90 Å². The minimum absolute atomic E-state index is 0.0269. The van der Waals surface area contributed by atoms with E-state index in [1.807, 2.05) is 36.1 Å². The number of benzene rings is 1. The fourth-order valence-electron chi connectivity index (χ4n) is 6.51. The molecular weight excluding hydrogens is 666 g/mol. The topological polar surface area (TPSA) is 102 Å². The number of likely N-dealkylation sites (N-methyl/N-ethyl adjacent to an activating group) is 1. The monoisotopic (exact) mass is 699 g/mol. The summed E-state index contributed by atoms with van der Waals surface area (Å²) in [5.74, 6) is 6.65. The molecule has 14 heteroatoms. The minimum Gasteiger partial charge on any atom is -0.342 e. The number of alkyl halides is 3. The molecule has 48 heavy (non-hydrogen) atoms. The molecule has 2 N–H and O–H groups in total. The number of hydrazine groups is 1. The number of halogens is 5. The summed E-state index contributed by atoms with van der Waals surface area (Å²) in [6, 6.07) is 4.66. The Morgan fingerprint density at radius 2 is 1.60 bits per heavy atom. The molecule has 1 aromatic carbocycles. The van der Waals surface area contributed by atoms with Crippen molar-refractivity contribution in [3.05, 3.63) is 103 Å². The van der Waals surface area contributed by atoms with E-state index in [9.17, 15) is 22.8 Å². The Morgan fingerprint density at radius 1 is 1.00 bits per heavy atom. The quantitative estimate of drug-likeness (QED) is 0.298. The van der Waals surface area contributed by atoms with Gasteiger partial charge >= 0.3 is 11.9 Å². The molecule has 0 bridgehead atoms. The molecule has 2 aliphatic carbocycles. The first-order valence-electron chi connectivity index (χ1n) is 15.6. The maximum atomic E-state index is 14.3. The molecule has 0 unspecified atom stereocenters. The highest BCUT2D eigenvalue weighted by molar-refractivity contribution is 6.31. The molecule has 1 saturated heterocycles. The number of rotatable bonds is 6. The van der Waals surface area contributed by atoms with E-state index in [2.05, 4.69) is 0 Å². The van der Waals surface area contributed by atoms with Crippen LogP contribution in [0, 0.1) is 0 Å². The van der Waals surface area contributed by atoms with Crippen molar-refractivity contribution in [2.75, 3.05) is 24.5 Å². The highest BCUT2D eigenvalue weighted by Gasteiger charge is 2.43. The number of carbonyl (C=O) groups is 1. The molecule has 252 valence electrons. The van der Waals surface area contributed by atoms with Gasteiger partial charge in [0.1, 0.15) is 0 Å². The number of Topliss-reactive ketones (excluding diaryl/α,β-unsaturated/α-hetero) is 1. The molecule has 0 radical (unpaired) electrons. The molecule has 2 aromatic heterocycles. The third-order valence-electron chi connectivity index (χ3n) is 9.29.